The largest absolute Gasteiger partial charge is 0.294 e. The molecule has 18 heavy (non-hydrogen) atoms. The number of hydrogen-bond donors (Lipinski definition) is 0. The molecular formula is C13H11N3OS. The Morgan fingerprint density at radius 1 is 1.33 bits per heavy atom. The average molecular weight is 257 g/mol. The Kier molecular flexibility index (Phi) is 2.48. The number of benzene rings is 1. The lowest BCUT2D eigenvalue weighted by atomic mass is 10.2. The normalized spacial score (nSPS) is 11.0. The molecular weight excluding hydrogens is 246 g/mol. The quantitative estimate of drug-likeness (QED) is 0.663. The molecule has 2 heterocycles. The third kappa shape index (κ3) is 1.64. The summed E-state index contributed by atoms with van der Waals surface area (Å²) >= 11 is 1.57. The SMILES string of the molecule is CC(=O)c1cnn(-c2nc3ccccc3s2)c1C. The second kappa shape index (κ2) is 4.03. The van der Waals surface area contributed by atoms with E-state index in [0.717, 1.165) is 21.0 Å². The summed E-state index contributed by atoms with van der Waals surface area (Å²) in [6, 6.07) is 7.95. The molecule has 0 aliphatic rings. The summed E-state index contributed by atoms with van der Waals surface area (Å²) in [5, 5.41) is 5.04. The van der Waals surface area contributed by atoms with Gasteiger partial charge in [-0.2, -0.15) is 5.10 Å². The lowest BCUT2D eigenvalue weighted by Gasteiger charge is -1.98. The highest BCUT2D eigenvalue weighted by Crippen LogP contribution is 2.25. The van der Waals surface area contributed by atoms with Gasteiger partial charge in [0.25, 0.3) is 0 Å². The smallest absolute Gasteiger partial charge is 0.211 e. The molecule has 0 amide bonds. The van der Waals surface area contributed by atoms with Gasteiger partial charge in [-0.15, -0.1) is 0 Å². The van der Waals surface area contributed by atoms with Crippen molar-refractivity contribution in [3.05, 3.63) is 41.7 Å². The number of thiazole rings is 1. The van der Waals surface area contributed by atoms with Crippen molar-refractivity contribution in [3.63, 3.8) is 0 Å². The van der Waals surface area contributed by atoms with Gasteiger partial charge < -0.3 is 0 Å². The number of carbonyl (C=O) groups is 1. The summed E-state index contributed by atoms with van der Waals surface area (Å²) in [6.45, 7) is 3.43. The fourth-order valence-corrected chi connectivity index (χ4v) is 2.87. The number of aromatic nitrogens is 3. The number of rotatable bonds is 2. The predicted octanol–water partition coefficient (Wildman–Crippen LogP) is 2.99. The number of Topliss-reactive ketones (excluding diaryl/α,β-unsaturated/α-hetero) is 1. The van der Waals surface area contributed by atoms with Crippen molar-refractivity contribution >= 4 is 27.3 Å². The van der Waals surface area contributed by atoms with Gasteiger partial charge in [-0.3, -0.25) is 4.79 Å². The number of hydrogen-bond acceptors (Lipinski definition) is 4. The Hall–Kier alpha value is -2.01. The minimum Gasteiger partial charge on any atom is -0.294 e. The molecule has 0 saturated carbocycles. The van der Waals surface area contributed by atoms with E-state index in [4.69, 9.17) is 0 Å². The molecule has 0 bridgehead atoms. The zero-order valence-corrected chi connectivity index (χ0v) is 10.9. The van der Waals surface area contributed by atoms with Gasteiger partial charge >= 0.3 is 0 Å². The second-order valence-corrected chi connectivity index (χ2v) is 5.08. The van der Waals surface area contributed by atoms with Crippen molar-refractivity contribution in [1.29, 1.82) is 0 Å². The third-order valence-corrected chi connectivity index (χ3v) is 3.86. The second-order valence-electron chi connectivity index (χ2n) is 4.08. The maximum atomic E-state index is 11.4. The fraction of sp³-hybridized carbons (Fsp3) is 0.154. The van der Waals surface area contributed by atoms with Crippen LogP contribution in [0.15, 0.2) is 30.5 Å². The van der Waals surface area contributed by atoms with Crippen LogP contribution < -0.4 is 0 Å². The van der Waals surface area contributed by atoms with Crippen LogP contribution in [0.25, 0.3) is 15.3 Å². The van der Waals surface area contributed by atoms with Gasteiger partial charge in [-0.25, -0.2) is 9.67 Å². The topological polar surface area (TPSA) is 47.8 Å². The molecule has 90 valence electrons. The predicted molar refractivity (Wildman–Crippen MR) is 71.5 cm³/mol. The minimum atomic E-state index is 0.0276. The molecule has 0 saturated heterocycles. The van der Waals surface area contributed by atoms with E-state index in [2.05, 4.69) is 10.1 Å². The monoisotopic (exact) mass is 257 g/mol. The number of ketones is 1. The van der Waals surface area contributed by atoms with E-state index < -0.39 is 0 Å². The van der Waals surface area contributed by atoms with Gasteiger partial charge in [-0.1, -0.05) is 23.5 Å². The maximum absolute atomic E-state index is 11.4. The molecule has 0 aliphatic carbocycles. The molecule has 0 N–H and O–H groups in total. The first-order valence-electron chi connectivity index (χ1n) is 5.58. The molecule has 2 aromatic heterocycles. The summed E-state index contributed by atoms with van der Waals surface area (Å²) < 4.78 is 2.84. The zero-order valence-electron chi connectivity index (χ0n) is 10.0. The molecule has 3 aromatic rings. The first kappa shape index (κ1) is 11.1. The minimum absolute atomic E-state index is 0.0276. The van der Waals surface area contributed by atoms with E-state index in [9.17, 15) is 4.79 Å². The average Bonchev–Trinajstić information content (AvgIpc) is 2.91. The highest BCUT2D eigenvalue weighted by molar-refractivity contribution is 7.20. The van der Waals surface area contributed by atoms with Crippen LogP contribution in [0.4, 0.5) is 0 Å². The van der Waals surface area contributed by atoms with Crippen molar-refractivity contribution in [2.45, 2.75) is 13.8 Å². The Bertz CT molecular complexity index is 709. The van der Waals surface area contributed by atoms with Crippen LogP contribution in [-0.4, -0.2) is 20.5 Å². The van der Waals surface area contributed by atoms with Gasteiger partial charge in [0.05, 0.1) is 27.7 Å². The van der Waals surface area contributed by atoms with Crippen LogP contribution in [0.1, 0.15) is 23.0 Å². The van der Waals surface area contributed by atoms with Gasteiger partial charge in [0.15, 0.2) is 5.78 Å². The molecule has 5 heteroatoms. The van der Waals surface area contributed by atoms with Crippen LogP contribution in [0, 0.1) is 6.92 Å². The molecule has 3 rings (SSSR count). The van der Waals surface area contributed by atoms with Crippen LogP contribution >= 0.6 is 11.3 Å². The molecule has 0 unspecified atom stereocenters. The van der Waals surface area contributed by atoms with Crippen molar-refractivity contribution in [2.75, 3.05) is 0 Å². The fourth-order valence-electron chi connectivity index (χ4n) is 1.90. The van der Waals surface area contributed by atoms with Crippen LogP contribution in [0.2, 0.25) is 0 Å². The lowest BCUT2D eigenvalue weighted by molar-refractivity contribution is 0.101. The van der Waals surface area contributed by atoms with E-state index in [1.54, 1.807) is 29.1 Å². The molecule has 0 fully saturated rings. The van der Waals surface area contributed by atoms with Crippen molar-refractivity contribution in [2.24, 2.45) is 0 Å². The third-order valence-electron chi connectivity index (χ3n) is 2.85. The molecule has 4 nitrogen and oxygen atoms in total. The molecule has 0 spiro atoms. The summed E-state index contributed by atoms with van der Waals surface area (Å²) in [5.41, 5.74) is 2.44. The van der Waals surface area contributed by atoms with Gasteiger partial charge in [0.1, 0.15) is 0 Å². The standard InChI is InChI=1S/C13H11N3OS/c1-8-10(9(2)17)7-14-16(8)13-15-11-5-3-4-6-12(11)18-13/h3-7H,1-2H3. The Morgan fingerprint density at radius 2 is 2.11 bits per heavy atom. The lowest BCUT2D eigenvalue weighted by Crippen LogP contribution is -2.00. The molecule has 0 atom stereocenters. The molecule has 1 aromatic carbocycles. The summed E-state index contributed by atoms with van der Waals surface area (Å²) in [6.07, 6.45) is 1.60. The number of fused-ring (bicyclic) bond motifs is 1. The van der Waals surface area contributed by atoms with Gasteiger partial charge in [-0.05, 0) is 26.0 Å². The Labute approximate surface area is 108 Å². The van der Waals surface area contributed by atoms with Crippen LogP contribution in [0.5, 0.6) is 0 Å². The molecule has 0 radical (unpaired) electrons. The highest BCUT2D eigenvalue weighted by Gasteiger charge is 2.14. The van der Waals surface area contributed by atoms with E-state index in [-0.39, 0.29) is 5.78 Å². The number of nitrogens with zero attached hydrogens (tertiary/aromatic N) is 3. The molecule has 0 aliphatic heterocycles. The maximum Gasteiger partial charge on any atom is 0.211 e. The van der Waals surface area contributed by atoms with Crippen molar-refractivity contribution in [1.82, 2.24) is 14.8 Å². The highest BCUT2D eigenvalue weighted by atomic mass is 32.1. The Balaban J connectivity index is 2.17. The first-order valence-corrected chi connectivity index (χ1v) is 6.40. The zero-order chi connectivity index (χ0) is 12.7. The summed E-state index contributed by atoms with van der Waals surface area (Å²) in [5.74, 6) is 0.0276. The summed E-state index contributed by atoms with van der Waals surface area (Å²) in [4.78, 5) is 15.9. The van der Waals surface area contributed by atoms with Crippen LogP contribution in [-0.2, 0) is 0 Å². The number of para-hydroxylation sites is 1. The number of carbonyl (C=O) groups excluding carboxylic acids is 1. The van der Waals surface area contributed by atoms with Crippen LogP contribution in [0.3, 0.4) is 0 Å². The first-order chi connectivity index (χ1) is 8.66. The summed E-state index contributed by atoms with van der Waals surface area (Å²) in [7, 11) is 0. The van der Waals surface area contributed by atoms with Gasteiger partial charge in [0.2, 0.25) is 5.13 Å². The van der Waals surface area contributed by atoms with Crippen molar-refractivity contribution in [3.8, 4) is 5.13 Å². The van der Waals surface area contributed by atoms with E-state index in [0.29, 0.717) is 5.56 Å². The van der Waals surface area contributed by atoms with E-state index in [1.807, 2.05) is 31.2 Å². The van der Waals surface area contributed by atoms with Crippen molar-refractivity contribution < 1.29 is 4.79 Å². The van der Waals surface area contributed by atoms with E-state index in [1.165, 1.54) is 0 Å². The Morgan fingerprint density at radius 3 is 2.78 bits per heavy atom. The van der Waals surface area contributed by atoms with Gasteiger partial charge in [0, 0.05) is 0 Å². The van der Waals surface area contributed by atoms with E-state index >= 15 is 0 Å².